The Kier molecular flexibility index (Phi) is 4.17. The minimum atomic E-state index is -0.427. The molecule has 0 radical (unpaired) electrons. The molecular weight excluding hydrogens is 245 g/mol. The van der Waals surface area contributed by atoms with Crippen LogP contribution in [0, 0.1) is 17.7 Å². The number of hydrogen-bond acceptors (Lipinski definition) is 3. The Bertz CT molecular complexity index is 440. The summed E-state index contributed by atoms with van der Waals surface area (Å²) in [5.74, 6) is 1.50. The third kappa shape index (κ3) is 3.31. The quantitative estimate of drug-likeness (QED) is 0.851. The Hall–Kier alpha value is -1.45. The van der Waals surface area contributed by atoms with Gasteiger partial charge in [0.25, 0.3) is 0 Å². The van der Waals surface area contributed by atoms with Crippen LogP contribution in [0.15, 0.2) is 12.1 Å². The Labute approximate surface area is 113 Å². The fourth-order valence-corrected chi connectivity index (χ4v) is 2.97. The maximum Gasteiger partial charge on any atom is 0.167 e. The number of rotatable bonds is 3. The highest BCUT2D eigenvalue weighted by Crippen LogP contribution is 2.35. The van der Waals surface area contributed by atoms with Crippen molar-refractivity contribution in [1.29, 1.82) is 0 Å². The lowest BCUT2D eigenvalue weighted by Crippen LogP contribution is -2.28. The number of ether oxygens (including phenoxy) is 2. The molecule has 1 fully saturated rings. The number of anilines is 1. The van der Waals surface area contributed by atoms with Crippen LogP contribution in [0.2, 0.25) is 0 Å². The molecule has 106 valence electrons. The Morgan fingerprint density at radius 2 is 1.74 bits per heavy atom. The first kappa shape index (κ1) is 14.0. The molecule has 0 aliphatic heterocycles. The first-order valence-electron chi connectivity index (χ1n) is 6.79. The maximum absolute atomic E-state index is 13.9. The highest BCUT2D eigenvalue weighted by atomic mass is 19.1. The molecule has 1 aromatic carbocycles. The van der Waals surface area contributed by atoms with Gasteiger partial charge in [-0.1, -0.05) is 13.8 Å². The van der Waals surface area contributed by atoms with Gasteiger partial charge in [-0.2, -0.15) is 0 Å². The summed E-state index contributed by atoms with van der Waals surface area (Å²) in [7, 11) is 1.51. The molecule has 1 aromatic rings. The van der Waals surface area contributed by atoms with Crippen molar-refractivity contribution in [3.8, 4) is 11.5 Å². The van der Waals surface area contributed by atoms with E-state index in [-0.39, 0.29) is 17.5 Å². The van der Waals surface area contributed by atoms with Crippen LogP contribution in [0.25, 0.3) is 0 Å². The fraction of sp³-hybridized carbons (Fsp3) is 0.600. The molecule has 0 saturated heterocycles. The van der Waals surface area contributed by atoms with Gasteiger partial charge in [0.05, 0.1) is 18.9 Å². The van der Waals surface area contributed by atoms with Crippen LogP contribution in [-0.4, -0.2) is 13.2 Å². The molecule has 0 amide bonds. The van der Waals surface area contributed by atoms with E-state index in [1.807, 2.05) is 0 Å². The van der Waals surface area contributed by atoms with Gasteiger partial charge in [-0.15, -0.1) is 0 Å². The second-order valence-electron chi connectivity index (χ2n) is 5.68. The van der Waals surface area contributed by atoms with Crippen molar-refractivity contribution in [2.75, 3.05) is 12.8 Å². The molecule has 1 aliphatic carbocycles. The third-order valence-electron chi connectivity index (χ3n) is 3.71. The first-order valence-corrected chi connectivity index (χ1v) is 6.79. The summed E-state index contributed by atoms with van der Waals surface area (Å²) in [5, 5.41) is 0. The molecule has 1 saturated carbocycles. The number of benzene rings is 1. The zero-order valence-electron chi connectivity index (χ0n) is 11.8. The van der Waals surface area contributed by atoms with E-state index in [0.29, 0.717) is 17.6 Å². The summed E-state index contributed by atoms with van der Waals surface area (Å²) >= 11 is 0. The molecule has 3 nitrogen and oxygen atoms in total. The van der Waals surface area contributed by atoms with Gasteiger partial charge in [0.15, 0.2) is 11.6 Å². The summed E-state index contributed by atoms with van der Waals surface area (Å²) in [4.78, 5) is 0. The molecule has 0 bridgehead atoms. The van der Waals surface area contributed by atoms with Gasteiger partial charge in [-0.25, -0.2) is 4.39 Å². The van der Waals surface area contributed by atoms with E-state index in [0.717, 1.165) is 12.8 Å². The Morgan fingerprint density at radius 3 is 2.32 bits per heavy atom. The minimum absolute atomic E-state index is 0.0709. The van der Waals surface area contributed by atoms with Crippen LogP contribution in [0.4, 0.5) is 10.1 Å². The molecule has 2 unspecified atom stereocenters. The van der Waals surface area contributed by atoms with E-state index in [2.05, 4.69) is 13.8 Å². The van der Waals surface area contributed by atoms with Gasteiger partial charge < -0.3 is 15.2 Å². The lowest BCUT2D eigenvalue weighted by atomic mass is 9.82. The molecule has 0 aromatic heterocycles. The Morgan fingerprint density at radius 1 is 1.11 bits per heavy atom. The van der Waals surface area contributed by atoms with Gasteiger partial charge in [-0.05, 0) is 31.1 Å². The van der Waals surface area contributed by atoms with Crippen molar-refractivity contribution < 1.29 is 13.9 Å². The molecule has 2 atom stereocenters. The summed E-state index contributed by atoms with van der Waals surface area (Å²) in [6, 6.07) is 2.79. The summed E-state index contributed by atoms with van der Waals surface area (Å²) in [6.07, 6.45) is 3.22. The van der Waals surface area contributed by atoms with Crippen molar-refractivity contribution >= 4 is 5.69 Å². The molecule has 2 rings (SSSR count). The van der Waals surface area contributed by atoms with Gasteiger partial charge in [0, 0.05) is 12.1 Å². The van der Waals surface area contributed by atoms with Gasteiger partial charge in [-0.3, -0.25) is 0 Å². The summed E-state index contributed by atoms with van der Waals surface area (Å²) in [5.41, 5.74) is 5.95. The SMILES string of the molecule is COc1cc(OC2CC(C)CC(C)C2)c(F)cc1N. The topological polar surface area (TPSA) is 44.5 Å². The zero-order chi connectivity index (χ0) is 14.0. The predicted molar refractivity (Wildman–Crippen MR) is 74.0 cm³/mol. The average Bonchev–Trinajstić information content (AvgIpc) is 2.31. The molecule has 0 spiro atoms. The van der Waals surface area contributed by atoms with Crippen LogP contribution < -0.4 is 15.2 Å². The van der Waals surface area contributed by atoms with Gasteiger partial charge in [0.1, 0.15) is 5.75 Å². The minimum Gasteiger partial charge on any atom is -0.494 e. The molecular formula is C15H22FNO2. The third-order valence-corrected chi connectivity index (χ3v) is 3.71. The fourth-order valence-electron chi connectivity index (χ4n) is 2.97. The smallest absolute Gasteiger partial charge is 0.167 e. The number of nitrogen functional groups attached to an aromatic ring is 1. The van der Waals surface area contributed by atoms with E-state index >= 15 is 0 Å². The number of halogens is 1. The van der Waals surface area contributed by atoms with E-state index in [4.69, 9.17) is 15.2 Å². The molecule has 19 heavy (non-hydrogen) atoms. The number of methoxy groups -OCH3 is 1. The van der Waals surface area contributed by atoms with Crippen molar-refractivity contribution in [1.82, 2.24) is 0 Å². The number of nitrogens with two attached hydrogens (primary N) is 1. The van der Waals surface area contributed by atoms with Gasteiger partial charge >= 0.3 is 0 Å². The van der Waals surface area contributed by atoms with E-state index in [9.17, 15) is 4.39 Å². The largest absolute Gasteiger partial charge is 0.494 e. The van der Waals surface area contributed by atoms with Crippen LogP contribution in [0.3, 0.4) is 0 Å². The second-order valence-corrected chi connectivity index (χ2v) is 5.68. The second kappa shape index (κ2) is 5.68. The zero-order valence-corrected chi connectivity index (χ0v) is 11.8. The standard InChI is InChI=1S/C15H22FNO2/c1-9-4-10(2)6-11(5-9)19-14-8-15(18-3)13(17)7-12(14)16/h7-11H,4-6,17H2,1-3H3. The van der Waals surface area contributed by atoms with Crippen molar-refractivity contribution in [2.45, 2.75) is 39.2 Å². The van der Waals surface area contributed by atoms with E-state index in [1.54, 1.807) is 0 Å². The van der Waals surface area contributed by atoms with Crippen LogP contribution in [0.1, 0.15) is 33.1 Å². The van der Waals surface area contributed by atoms with Crippen molar-refractivity contribution in [3.63, 3.8) is 0 Å². The summed E-state index contributed by atoms with van der Waals surface area (Å²) < 4.78 is 24.8. The summed E-state index contributed by atoms with van der Waals surface area (Å²) in [6.45, 7) is 4.43. The van der Waals surface area contributed by atoms with Crippen molar-refractivity contribution in [3.05, 3.63) is 17.9 Å². The average molecular weight is 267 g/mol. The highest BCUT2D eigenvalue weighted by Gasteiger charge is 2.26. The van der Waals surface area contributed by atoms with Crippen LogP contribution in [0.5, 0.6) is 11.5 Å². The van der Waals surface area contributed by atoms with Crippen molar-refractivity contribution in [2.24, 2.45) is 11.8 Å². The molecule has 2 N–H and O–H groups in total. The Balaban J connectivity index is 2.14. The normalized spacial score (nSPS) is 27.1. The van der Waals surface area contributed by atoms with Crippen LogP contribution >= 0.6 is 0 Å². The maximum atomic E-state index is 13.9. The molecule has 0 heterocycles. The monoisotopic (exact) mass is 267 g/mol. The first-order chi connectivity index (χ1) is 8.99. The van der Waals surface area contributed by atoms with E-state index < -0.39 is 5.82 Å². The lowest BCUT2D eigenvalue weighted by molar-refractivity contribution is 0.0968. The van der Waals surface area contributed by atoms with Crippen LogP contribution in [-0.2, 0) is 0 Å². The van der Waals surface area contributed by atoms with Gasteiger partial charge in [0.2, 0.25) is 0 Å². The predicted octanol–water partition coefficient (Wildman–Crippen LogP) is 3.62. The number of hydrogen-bond donors (Lipinski definition) is 1. The lowest BCUT2D eigenvalue weighted by Gasteiger charge is -2.31. The highest BCUT2D eigenvalue weighted by molar-refractivity contribution is 5.56. The van der Waals surface area contributed by atoms with E-state index in [1.165, 1.54) is 25.7 Å². The molecule has 4 heteroatoms. The molecule has 1 aliphatic rings.